The standard InChI is InChI=1S/C20H23NO2/c1-14(15-7-4-3-5-8-15)21-11-16-13-23-19-10-6-9-18(22-2)20(19)17(16)12-21/h3-10,14,16-17H,11-13H2,1-2H3/t14?,16-,17-/m1/s1. The van der Waals surface area contributed by atoms with E-state index in [0.717, 1.165) is 31.2 Å². The third-order valence-electron chi connectivity index (χ3n) is 5.37. The quantitative estimate of drug-likeness (QED) is 0.859. The zero-order chi connectivity index (χ0) is 15.8. The van der Waals surface area contributed by atoms with Crippen LogP contribution >= 0.6 is 0 Å². The topological polar surface area (TPSA) is 21.7 Å². The third kappa shape index (κ3) is 2.49. The number of methoxy groups -OCH3 is 1. The molecule has 1 saturated heterocycles. The van der Waals surface area contributed by atoms with Crippen molar-refractivity contribution in [3.8, 4) is 11.5 Å². The molecule has 2 aliphatic rings. The third-order valence-corrected chi connectivity index (χ3v) is 5.37. The summed E-state index contributed by atoms with van der Waals surface area (Å²) in [6.07, 6.45) is 0. The largest absolute Gasteiger partial charge is 0.496 e. The van der Waals surface area contributed by atoms with Crippen LogP contribution in [0.3, 0.4) is 0 Å². The van der Waals surface area contributed by atoms with Crippen LogP contribution in [0.5, 0.6) is 11.5 Å². The lowest BCUT2D eigenvalue weighted by Crippen LogP contribution is -2.26. The van der Waals surface area contributed by atoms with E-state index >= 15 is 0 Å². The fourth-order valence-corrected chi connectivity index (χ4v) is 4.05. The van der Waals surface area contributed by atoms with Crippen molar-refractivity contribution in [1.29, 1.82) is 0 Å². The molecule has 1 fully saturated rings. The van der Waals surface area contributed by atoms with Gasteiger partial charge < -0.3 is 9.47 Å². The molecule has 0 aliphatic carbocycles. The Kier molecular flexibility index (Phi) is 3.74. The molecule has 0 amide bonds. The smallest absolute Gasteiger partial charge is 0.126 e. The molecule has 23 heavy (non-hydrogen) atoms. The zero-order valence-electron chi connectivity index (χ0n) is 13.7. The first-order valence-electron chi connectivity index (χ1n) is 8.36. The predicted molar refractivity (Wildman–Crippen MR) is 91.2 cm³/mol. The molecule has 0 saturated carbocycles. The molecule has 0 bridgehead atoms. The normalized spacial score (nSPS) is 24.4. The van der Waals surface area contributed by atoms with Crippen molar-refractivity contribution in [2.75, 3.05) is 26.8 Å². The number of ether oxygens (including phenoxy) is 2. The Morgan fingerprint density at radius 2 is 1.91 bits per heavy atom. The molecule has 3 atom stereocenters. The van der Waals surface area contributed by atoms with E-state index in [4.69, 9.17) is 9.47 Å². The molecule has 120 valence electrons. The van der Waals surface area contributed by atoms with E-state index in [0.29, 0.717) is 17.9 Å². The summed E-state index contributed by atoms with van der Waals surface area (Å²) < 4.78 is 11.6. The van der Waals surface area contributed by atoms with E-state index in [-0.39, 0.29) is 0 Å². The van der Waals surface area contributed by atoms with Crippen molar-refractivity contribution < 1.29 is 9.47 Å². The summed E-state index contributed by atoms with van der Waals surface area (Å²) >= 11 is 0. The van der Waals surface area contributed by atoms with Gasteiger partial charge in [-0.15, -0.1) is 0 Å². The first-order chi connectivity index (χ1) is 11.3. The van der Waals surface area contributed by atoms with Crippen LogP contribution in [0.25, 0.3) is 0 Å². The van der Waals surface area contributed by atoms with Gasteiger partial charge in [0.1, 0.15) is 11.5 Å². The van der Waals surface area contributed by atoms with Gasteiger partial charge in [0.15, 0.2) is 0 Å². The Morgan fingerprint density at radius 3 is 2.70 bits per heavy atom. The van der Waals surface area contributed by atoms with Crippen LogP contribution in [0, 0.1) is 5.92 Å². The van der Waals surface area contributed by atoms with E-state index in [9.17, 15) is 0 Å². The number of fused-ring (bicyclic) bond motifs is 3. The minimum absolute atomic E-state index is 0.431. The number of rotatable bonds is 3. The number of hydrogen-bond donors (Lipinski definition) is 0. The van der Waals surface area contributed by atoms with Crippen molar-refractivity contribution in [3.63, 3.8) is 0 Å². The van der Waals surface area contributed by atoms with Crippen molar-refractivity contribution >= 4 is 0 Å². The molecule has 0 aromatic heterocycles. The molecule has 0 spiro atoms. The number of nitrogens with zero attached hydrogens (tertiary/aromatic N) is 1. The van der Waals surface area contributed by atoms with Crippen molar-refractivity contribution in [1.82, 2.24) is 4.90 Å². The second kappa shape index (κ2) is 5.89. The highest BCUT2D eigenvalue weighted by molar-refractivity contribution is 5.49. The first kappa shape index (κ1) is 14.6. The van der Waals surface area contributed by atoms with E-state index in [1.165, 1.54) is 11.1 Å². The molecule has 0 radical (unpaired) electrons. The number of likely N-dealkylation sites (tertiary alicyclic amines) is 1. The maximum absolute atomic E-state index is 6.01. The lowest BCUT2D eigenvalue weighted by molar-refractivity contribution is 0.201. The average Bonchev–Trinajstić information content (AvgIpc) is 3.05. The average molecular weight is 309 g/mol. The van der Waals surface area contributed by atoms with Gasteiger partial charge in [-0.05, 0) is 24.6 Å². The van der Waals surface area contributed by atoms with Gasteiger partial charge in [0.2, 0.25) is 0 Å². The Hall–Kier alpha value is -2.00. The van der Waals surface area contributed by atoms with Gasteiger partial charge in [0, 0.05) is 36.5 Å². The first-order valence-corrected chi connectivity index (χ1v) is 8.36. The molecular weight excluding hydrogens is 286 g/mol. The summed E-state index contributed by atoms with van der Waals surface area (Å²) in [5.41, 5.74) is 2.64. The Labute approximate surface area is 137 Å². The van der Waals surface area contributed by atoms with Crippen LogP contribution in [0.15, 0.2) is 48.5 Å². The molecule has 2 aliphatic heterocycles. The summed E-state index contributed by atoms with van der Waals surface area (Å²) in [6, 6.07) is 17.3. The summed E-state index contributed by atoms with van der Waals surface area (Å²) in [6.45, 7) is 5.26. The monoisotopic (exact) mass is 309 g/mol. The van der Waals surface area contributed by atoms with Gasteiger partial charge in [-0.25, -0.2) is 0 Å². The van der Waals surface area contributed by atoms with Gasteiger partial charge in [-0.2, -0.15) is 0 Å². The Bertz CT molecular complexity index is 671. The van der Waals surface area contributed by atoms with Crippen LogP contribution in [0.2, 0.25) is 0 Å². The second-order valence-electron chi connectivity index (χ2n) is 6.59. The van der Waals surface area contributed by atoms with Crippen molar-refractivity contribution in [2.24, 2.45) is 5.92 Å². The van der Waals surface area contributed by atoms with Gasteiger partial charge in [-0.3, -0.25) is 4.90 Å². The highest BCUT2D eigenvalue weighted by Crippen LogP contribution is 2.47. The molecular formula is C20H23NO2. The van der Waals surface area contributed by atoms with Gasteiger partial charge in [0.05, 0.1) is 13.7 Å². The SMILES string of the molecule is COc1cccc2c1[C@@H]1CN(C(C)c3ccccc3)C[C@@H]1CO2. The highest BCUT2D eigenvalue weighted by Gasteiger charge is 2.41. The van der Waals surface area contributed by atoms with Crippen molar-refractivity contribution in [2.45, 2.75) is 18.9 Å². The van der Waals surface area contributed by atoms with Gasteiger partial charge in [-0.1, -0.05) is 36.4 Å². The minimum Gasteiger partial charge on any atom is -0.496 e. The molecule has 3 nitrogen and oxygen atoms in total. The number of hydrogen-bond acceptors (Lipinski definition) is 3. The summed E-state index contributed by atoms with van der Waals surface area (Å²) in [7, 11) is 1.75. The van der Waals surface area contributed by atoms with Crippen molar-refractivity contribution in [3.05, 3.63) is 59.7 Å². The van der Waals surface area contributed by atoms with Crippen LogP contribution < -0.4 is 9.47 Å². The summed E-state index contributed by atoms with van der Waals surface area (Å²) in [4.78, 5) is 2.58. The summed E-state index contributed by atoms with van der Waals surface area (Å²) in [5.74, 6) is 3.01. The molecule has 2 aromatic carbocycles. The maximum Gasteiger partial charge on any atom is 0.126 e. The van der Waals surface area contributed by atoms with Crippen LogP contribution in [0.1, 0.15) is 30.0 Å². The Morgan fingerprint density at radius 1 is 1.09 bits per heavy atom. The van der Waals surface area contributed by atoms with E-state index in [2.05, 4.69) is 48.2 Å². The molecule has 3 heteroatoms. The van der Waals surface area contributed by atoms with Crippen LogP contribution in [-0.2, 0) is 0 Å². The molecule has 0 N–H and O–H groups in total. The van der Waals surface area contributed by atoms with E-state index in [1.807, 2.05) is 12.1 Å². The molecule has 2 aromatic rings. The van der Waals surface area contributed by atoms with Crippen LogP contribution in [0.4, 0.5) is 0 Å². The predicted octanol–water partition coefficient (Wildman–Crippen LogP) is 3.86. The molecule has 1 unspecified atom stereocenters. The van der Waals surface area contributed by atoms with Gasteiger partial charge >= 0.3 is 0 Å². The fraction of sp³-hybridized carbons (Fsp3) is 0.400. The lowest BCUT2D eigenvalue weighted by Gasteiger charge is -2.29. The fourth-order valence-electron chi connectivity index (χ4n) is 4.05. The second-order valence-corrected chi connectivity index (χ2v) is 6.59. The molecule has 4 rings (SSSR count). The maximum atomic E-state index is 6.01. The van der Waals surface area contributed by atoms with E-state index in [1.54, 1.807) is 7.11 Å². The molecule has 2 heterocycles. The Balaban J connectivity index is 1.62. The van der Waals surface area contributed by atoms with Crippen LogP contribution in [-0.4, -0.2) is 31.7 Å². The highest BCUT2D eigenvalue weighted by atomic mass is 16.5. The van der Waals surface area contributed by atoms with Gasteiger partial charge in [0.25, 0.3) is 0 Å². The van der Waals surface area contributed by atoms with E-state index < -0.39 is 0 Å². The summed E-state index contributed by atoms with van der Waals surface area (Å²) in [5, 5.41) is 0. The number of benzene rings is 2. The lowest BCUT2D eigenvalue weighted by atomic mass is 9.86. The minimum atomic E-state index is 0.431. The zero-order valence-corrected chi connectivity index (χ0v) is 13.7.